The number of hydrogen-bond donors (Lipinski definition) is 1. The molecular formula is C26H22N6O3. The Balaban J connectivity index is 1.52. The standard InChI is InChI=1S/C26H22N6O3/c33-21-15-18-14-17(6-7-20(18)28-21)23-22(24(34)16-4-2-1-3-5-16)29-26-25(27-10-13-32(23)26)31-11-8-19(30-35)9-12-31/h1-7,10,13-14,19H,8-9,11-12,15H2,(H,28,33). The van der Waals surface area contributed by atoms with E-state index in [0.717, 1.165) is 16.8 Å². The Bertz CT molecular complexity index is 1470. The number of hydrogen-bond acceptors (Lipinski definition) is 7. The van der Waals surface area contributed by atoms with Gasteiger partial charge >= 0.3 is 0 Å². The van der Waals surface area contributed by atoms with E-state index in [1.54, 1.807) is 24.5 Å². The van der Waals surface area contributed by atoms with Crippen molar-refractivity contribution in [3.8, 4) is 11.3 Å². The zero-order chi connectivity index (χ0) is 23.9. The number of amides is 1. The molecule has 4 aromatic rings. The van der Waals surface area contributed by atoms with Gasteiger partial charge in [-0.15, -0.1) is 0 Å². The number of imidazole rings is 1. The van der Waals surface area contributed by atoms with Crippen molar-refractivity contribution in [2.75, 3.05) is 23.3 Å². The zero-order valence-corrected chi connectivity index (χ0v) is 18.8. The van der Waals surface area contributed by atoms with Crippen LogP contribution in [0.15, 0.2) is 66.1 Å². The number of nitrogens with one attached hydrogen (secondary N) is 1. The van der Waals surface area contributed by atoms with E-state index in [9.17, 15) is 14.5 Å². The molecule has 0 aliphatic carbocycles. The van der Waals surface area contributed by atoms with Gasteiger partial charge in [0.25, 0.3) is 0 Å². The second kappa shape index (κ2) is 8.43. The number of rotatable bonds is 5. The Morgan fingerprint density at radius 2 is 1.89 bits per heavy atom. The van der Waals surface area contributed by atoms with Crippen LogP contribution in [0.5, 0.6) is 0 Å². The lowest BCUT2D eigenvalue weighted by molar-refractivity contribution is -0.115. The molecule has 2 aliphatic rings. The van der Waals surface area contributed by atoms with Gasteiger partial charge in [-0.1, -0.05) is 41.6 Å². The number of piperidine rings is 1. The Hall–Kier alpha value is -4.40. The van der Waals surface area contributed by atoms with Gasteiger partial charge in [-0.2, -0.15) is 4.91 Å². The predicted octanol–water partition coefficient (Wildman–Crippen LogP) is 3.86. The molecule has 1 saturated heterocycles. The highest BCUT2D eigenvalue weighted by molar-refractivity contribution is 6.12. The first-order valence-corrected chi connectivity index (χ1v) is 11.6. The minimum atomic E-state index is -0.186. The molecule has 1 amide bonds. The van der Waals surface area contributed by atoms with Crippen molar-refractivity contribution in [2.45, 2.75) is 25.3 Å². The van der Waals surface area contributed by atoms with E-state index in [2.05, 4.69) is 20.4 Å². The summed E-state index contributed by atoms with van der Waals surface area (Å²) < 4.78 is 1.90. The predicted molar refractivity (Wildman–Crippen MR) is 132 cm³/mol. The van der Waals surface area contributed by atoms with Gasteiger partial charge in [0, 0.05) is 42.3 Å². The molecule has 1 fully saturated rings. The van der Waals surface area contributed by atoms with Gasteiger partial charge in [-0.3, -0.25) is 14.0 Å². The number of ketones is 1. The molecule has 0 unspecified atom stereocenters. The summed E-state index contributed by atoms with van der Waals surface area (Å²) >= 11 is 0. The Kier molecular flexibility index (Phi) is 5.09. The minimum Gasteiger partial charge on any atom is -0.353 e. The van der Waals surface area contributed by atoms with E-state index in [1.165, 1.54) is 0 Å². The monoisotopic (exact) mass is 466 g/mol. The summed E-state index contributed by atoms with van der Waals surface area (Å²) in [6, 6.07) is 14.6. The third kappa shape index (κ3) is 3.65. The van der Waals surface area contributed by atoms with Gasteiger partial charge < -0.3 is 10.2 Å². The summed E-state index contributed by atoms with van der Waals surface area (Å²) in [5.41, 5.74) is 4.58. The minimum absolute atomic E-state index is 0.0458. The van der Waals surface area contributed by atoms with E-state index in [4.69, 9.17) is 4.98 Å². The van der Waals surface area contributed by atoms with Gasteiger partial charge in [-0.05, 0) is 30.5 Å². The molecule has 0 atom stereocenters. The second-order valence-electron chi connectivity index (χ2n) is 8.87. The van der Waals surface area contributed by atoms with Gasteiger partial charge in [0.15, 0.2) is 11.5 Å². The van der Waals surface area contributed by atoms with Crippen LogP contribution in [-0.4, -0.2) is 45.2 Å². The van der Waals surface area contributed by atoms with Crippen LogP contribution in [0.1, 0.15) is 34.5 Å². The molecule has 35 heavy (non-hydrogen) atoms. The molecule has 0 saturated carbocycles. The number of fused-ring (bicyclic) bond motifs is 2. The van der Waals surface area contributed by atoms with Crippen molar-refractivity contribution in [1.29, 1.82) is 0 Å². The number of nitroso groups, excluding NO2 is 1. The van der Waals surface area contributed by atoms with Crippen molar-refractivity contribution in [3.05, 3.63) is 82.7 Å². The summed E-state index contributed by atoms with van der Waals surface area (Å²) in [5.74, 6) is 0.438. The topological polar surface area (TPSA) is 109 Å². The molecular weight excluding hydrogens is 444 g/mol. The molecule has 4 heterocycles. The Labute approximate surface area is 200 Å². The molecule has 9 nitrogen and oxygen atoms in total. The molecule has 6 rings (SSSR count). The van der Waals surface area contributed by atoms with Gasteiger partial charge in [-0.25, -0.2) is 9.97 Å². The van der Waals surface area contributed by atoms with Crippen molar-refractivity contribution in [2.24, 2.45) is 5.18 Å². The van der Waals surface area contributed by atoms with Crippen molar-refractivity contribution in [3.63, 3.8) is 0 Å². The molecule has 2 aliphatic heterocycles. The van der Waals surface area contributed by atoms with E-state index in [0.29, 0.717) is 60.8 Å². The maximum atomic E-state index is 13.6. The number of carbonyl (C=O) groups is 2. The Morgan fingerprint density at radius 1 is 1.09 bits per heavy atom. The molecule has 2 aromatic heterocycles. The van der Waals surface area contributed by atoms with Crippen LogP contribution in [0.4, 0.5) is 11.5 Å². The summed E-state index contributed by atoms with van der Waals surface area (Å²) in [7, 11) is 0. The highest BCUT2D eigenvalue weighted by Crippen LogP contribution is 2.34. The Morgan fingerprint density at radius 3 is 2.66 bits per heavy atom. The first kappa shape index (κ1) is 21.2. The normalized spacial score (nSPS) is 15.8. The fourth-order valence-electron chi connectivity index (χ4n) is 4.91. The first-order chi connectivity index (χ1) is 17.1. The van der Waals surface area contributed by atoms with Crippen LogP contribution >= 0.6 is 0 Å². The van der Waals surface area contributed by atoms with E-state index in [-0.39, 0.29) is 17.7 Å². The van der Waals surface area contributed by atoms with Gasteiger partial charge in [0.1, 0.15) is 5.69 Å². The molecule has 0 radical (unpaired) electrons. The van der Waals surface area contributed by atoms with E-state index in [1.807, 2.05) is 40.8 Å². The van der Waals surface area contributed by atoms with Gasteiger partial charge in [0.2, 0.25) is 11.7 Å². The van der Waals surface area contributed by atoms with Crippen LogP contribution in [-0.2, 0) is 11.2 Å². The second-order valence-corrected chi connectivity index (χ2v) is 8.87. The van der Waals surface area contributed by atoms with Crippen LogP contribution in [0.2, 0.25) is 0 Å². The third-order valence-corrected chi connectivity index (χ3v) is 6.69. The average molecular weight is 467 g/mol. The number of nitrogens with zero attached hydrogens (tertiary/aromatic N) is 5. The molecule has 0 bridgehead atoms. The van der Waals surface area contributed by atoms with Crippen molar-refractivity contribution < 1.29 is 9.59 Å². The van der Waals surface area contributed by atoms with Gasteiger partial charge in [0.05, 0.1) is 18.2 Å². The summed E-state index contributed by atoms with van der Waals surface area (Å²) in [4.78, 5) is 48.0. The van der Waals surface area contributed by atoms with Crippen molar-refractivity contribution in [1.82, 2.24) is 14.4 Å². The molecule has 9 heteroatoms. The van der Waals surface area contributed by atoms with E-state index >= 15 is 0 Å². The first-order valence-electron chi connectivity index (χ1n) is 11.6. The maximum absolute atomic E-state index is 13.6. The highest BCUT2D eigenvalue weighted by atomic mass is 16.3. The largest absolute Gasteiger partial charge is 0.353 e. The fourth-order valence-corrected chi connectivity index (χ4v) is 4.91. The third-order valence-electron chi connectivity index (χ3n) is 6.69. The maximum Gasteiger partial charge on any atom is 0.228 e. The number of aromatic nitrogens is 3. The summed E-state index contributed by atoms with van der Waals surface area (Å²) in [6.45, 7) is 1.28. The number of carbonyl (C=O) groups excluding carboxylic acids is 2. The van der Waals surface area contributed by atoms with Crippen LogP contribution in [0.25, 0.3) is 16.9 Å². The summed E-state index contributed by atoms with van der Waals surface area (Å²) in [6.07, 6.45) is 5.11. The lowest BCUT2D eigenvalue weighted by Gasteiger charge is -2.29. The molecule has 1 N–H and O–H groups in total. The lowest BCUT2D eigenvalue weighted by atomic mass is 10.0. The molecule has 0 spiro atoms. The van der Waals surface area contributed by atoms with Crippen LogP contribution in [0, 0.1) is 4.91 Å². The SMILES string of the molecule is O=NC1CCN(c2nccn3c(-c4ccc5c(c4)CC(=O)N5)c(C(=O)c4ccccc4)nc23)CC1. The fraction of sp³-hybridized carbons (Fsp3) is 0.231. The lowest BCUT2D eigenvalue weighted by Crippen LogP contribution is -2.36. The smallest absolute Gasteiger partial charge is 0.228 e. The quantitative estimate of drug-likeness (QED) is 0.353. The molecule has 174 valence electrons. The van der Waals surface area contributed by atoms with E-state index < -0.39 is 0 Å². The average Bonchev–Trinajstić information content (AvgIpc) is 3.48. The summed E-state index contributed by atoms with van der Waals surface area (Å²) in [5, 5.41) is 6.05. The highest BCUT2D eigenvalue weighted by Gasteiger charge is 2.28. The van der Waals surface area contributed by atoms with Crippen LogP contribution < -0.4 is 10.2 Å². The number of benzene rings is 2. The van der Waals surface area contributed by atoms with Crippen LogP contribution in [0.3, 0.4) is 0 Å². The molecule has 2 aromatic carbocycles. The number of anilines is 2. The van der Waals surface area contributed by atoms with Crippen molar-refractivity contribution >= 4 is 28.8 Å². The zero-order valence-electron chi connectivity index (χ0n) is 18.8.